The van der Waals surface area contributed by atoms with Gasteiger partial charge >= 0.3 is 0 Å². The maximum Gasteiger partial charge on any atom is 0.199 e. The number of pyridine rings is 1. The normalized spacial score (nSPS) is 15.5. The summed E-state index contributed by atoms with van der Waals surface area (Å²) >= 11 is 0. The van der Waals surface area contributed by atoms with E-state index >= 15 is 0 Å². The first-order valence-corrected chi connectivity index (χ1v) is 9.83. The lowest BCUT2D eigenvalue weighted by molar-refractivity contribution is 0.237. The van der Waals surface area contributed by atoms with E-state index in [-0.39, 0.29) is 5.82 Å². The molecule has 4 rings (SSSR count). The Balaban J connectivity index is 1.45. The number of aromatic nitrogens is 5. The van der Waals surface area contributed by atoms with E-state index in [1.807, 2.05) is 6.20 Å². The zero-order valence-electron chi connectivity index (χ0n) is 16.2. The van der Waals surface area contributed by atoms with E-state index in [1.54, 1.807) is 6.20 Å². The van der Waals surface area contributed by atoms with Crippen molar-refractivity contribution in [3.8, 4) is 11.5 Å². The second kappa shape index (κ2) is 8.63. The van der Waals surface area contributed by atoms with Gasteiger partial charge in [-0.1, -0.05) is 0 Å². The number of piperazine rings is 1. The largest absolute Gasteiger partial charge is 0.379 e. The van der Waals surface area contributed by atoms with Crippen LogP contribution in [0.1, 0.15) is 18.9 Å². The summed E-state index contributed by atoms with van der Waals surface area (Å²) in [5.74, 6) is 0.898. The Bertz CT molecular complexity index is 913. The molecule has 0 bridgehead atoms. The van der Waals surface area contributed by atoms with Crippen molar-refractivity contribution >= 4 is 16.9 Å². The van der Waals surface area contributed by atoms with E-state index < -0.39 is 0 Å². The molecule has 0 radical (unpaired) electrons. The molecular weight excluding hydrogens is 358 g/mol. The van der Waals surface area contributed by atoms with Crippen molar-refractivity contribution in [2.45, 2.75) is 26.4 Å². The smallest absolute Gasteiger partial charge is 0.199 e. The average Bonchev–Trinajstić information content (AvgIpc) is 3.31. The minimum atomic E-state index is 0.241. The van der Waals surface area contributed by atoms with Crippen LogP contribution in [0.5, 0.6) is 0 Å². The van der Waals surface area contributed by atoms with Crippen LogP contribution >= 0.6 is 0 Å². The summed E-state index contributed by atoms with van der Waals surface area (Å²) in [6, 6.07) is 0. The fourth-order valence-corrected chi connectivity index (χ4v) is 3.71. The standard InChI is InChI=1S/C18H27N9O/c1-2-27-16-13(10-21-4-3-7-26-8-5-20-6-9-26)11-22-12-14(16)23-18(27)15-17(19)25-28-24-15/h11-12,20-21H,2-10H2,1H3,(H2,19,25). The molecule has 0 amide bonds. The first-order chi connectivity index (χ1) is 13.8. The van der Waals surface area contributed by atoms with Crippen LogP contribution < -0.4 is 16.4 Å². The van der Waals surface area contributed by atoms with Gasteiger partial charge in [0.2, 0.25) is 0 Å². The van der Waals surface area contributed by atoms with Gasteiger partial charge in [0.1, 0.15) is 5.52 Å². The molecule has 4 N–H and O–H groups in total. The van der Waals surface area contributed by atoms with Crippen LogP contribution in [0, 0.1) is 0 Å². The van der Waals surface area contributed by atoms with E-state index in [1.165, 1.54) is 0 Å². The van der Waals surface area contributed by atoms with Crippen molar-refractivity contribution in [2.75, 3.05) is 45.0 Å². The number of imidazole rings is 1. The van der Waals surface area contributed by atoms with Crippen molar-refractivity contribution in [3.63, 3.8) is 0 Å². The molecule has 0 spiro atoms. The zero-order valence-corrected chi connectivity index (χ0v) is 16.2. The number of rotatable bonds is 8. The highest BCUT2D eigenvalue weighted by Crippen LogP contribution is 2.27. The third-order valence-electron chi connectivity index (χ3n) is 5.12. The number of hydrogen-bond acceptors (Lipinski definition) is 9. The third kappa shape index (κ3) is 3.84. The molecule has 1 aliphatic rings. The van der Waals surface area contributed by atoms with Gasteiger partial charge < -0.3 is 25.8 Å². The van der Waals surface area contributed by atoms with Crippen LogP contribution in [0.25, 0.3) is 22.6 Å². The molecule has 3 aromatic rings. The number of fused-ring (bicyclic) bond motifs is 1. The highest BCUT2D eigenvalue weighted by atomic mass is 16.6. The van der Waals surface area contributed by atoms with Gasteiger partial charge in [0.25, 0.3) is 0 Å². The van der Waals surface area contributed by atoms with E-state index in [4.69, 9.17) is 10.4 Å². The molecule has 3 aromatic heterocycles. The Morgan fingerprint density at radius 3 is 2.86 bits per heavy atom. The van der Waals surface area contributed by atoms with Crippen LogP contribution in [-0.4, -0.2) is 69.0 Å². The van der Waals surface area contributed by atoms with E-state index in [0.29, 0.717) is 11.5 Å². The highest BCUT2D eigenvalue weighted by molar-refractivity contribution is 5.83. The SMILES string of the molecule is CCn1c(-c2nonc2N)nc2cncc(CNCCCN3CCNCC3)c21. The van der Waals surface area contributed by atoms with Crippen LogP contribution in [0.3, 0.4) is 0 Å². The summed E-state index contributed by atoms with van der Waals surface area (Å²) < 4.78 is 6.84. The number of aryl methyl sites for hydroxylation is 1. The van der Waals surface area contributed by atoms with Gasteiger partial charge in [-0.3, -0.25) is 4.98 Å². The van der Waals surface area contributed by atoms with Gasteiger partial charge in [-0.25, -0.2) is 9.61 Å². The molecule has 10 heteroatoms. The lowest BCUT2D eigenvalue weighted by Crippen LogP contribution is -2.44. The zero-order chi connectivity index (χ0) is 19.3. The number of nitrogens with zero attached hydrogens (tertiary/aromatic N) is 6. The fraction of sp³-hybridized carbons (Fsp3) is 0.556. The van der Waals surface area contributed by atoms with Crippen LogP contribution in [0.15, 0.2) is 17.0 Å². The van der Waals surface area contributed by atoms with Gasteiger partial charge in [0.15, 0.2) is 17.3 Å². The molecule has 0 unspecified atom stereocenters. The Labute approximate surface area is 163 Å². The molecule has 0 atom stereocenters. The molecule has 0 saturated carbocycles. The third-order valence-corrected chi connectivity index (χ3v) is 5.12. The van der Waals surface area contributed by atoms with Gasteiger partial charge in [-0.2, -0.15) is 0 Å². The second-order valence-electron chi connectivity index (χ2n) is 6.97. The highest BCUT2D eigenvalue weighted by Gasteiger charge is 2.20. The molecule has 0 aromatic carbocycles. The lowest BCUT2D eigenvalue weighted by atomic mass is 10.2. The van der Waals surface area contributed by atoms with Crippen LogP contribution in [0.4, 0.5) is 5.82 Å². The Morgan fingerprint density at radius 1 is 1.25 bits per heavy atom. The van der Waals surface area contributed by atoms with Gasteiger partial charge in [-0.15, -0.1) is 0 Å². The number of nitrogens with two attached hydrogens (primary N) is 1. The van der Waals surface area contributed by atoms with Crippen molar-refractivity contribution in [2.24, 2.45) is 0 Å². The Kier molecular flexibility index (Phi) is 5.79. The molecule has 150 valence electrons. The fourth-order valence-electron chi connectivity index (χ4n) is 3.71. The Morgan fingerprint density at radius 2 is 2.11 bits per heavy atom. The summed E-state index contributed by atoms with van der Waals surface area (Å²) in [6.07, 6.45) is 4.79. The number of anilines is 1. The molecule has 1 saturated heterocycles. The number of hydrogen-bond donors (Lipinski definition) is 3. The number of nitrogen functional groups attached to an aromatic ring is 1. The number of nitrogens with one attached hydrogen (secondary N) is 2. The minimum absolute atomic E-state index is 0.241. The van der Waals surface area contributed by atoms with Crippen LogP contribution in [-0.2, 0) is 13.1 Å². The maximum absolute atomic E-state index is 5.87. The molecule has 4 heterocycles. The quantitative estimate of drug-likeness (QED) is 0.475. The van der Waals surface area contributed by atoms with Crippen molar-refractivity contribution in [1.29, 1.82) is 0 Å². The lowest BCUT2D eigenvalue weighted by Gasteiger charge is -2.27. The summed E-state index contributed by atoms with van der Waals surface area (Å²) in [5, 5.41) is 14.5. The summed E-state index contributed by atoms with van der Waals surface area (Å²) in [7, 11) is 0. The van der Waals surface area contributed by atoms with Gasteiger partial charge in [-0.05, 0) is 36.7 Å². The minimum Gasteiger partial charge on any atom is -0.379 e. The van der Waals surface area contributed by atoms with Crippen molar-refractivity contribution in [3.05, 3.63) is 18.0 Å². The van der Waals surface area contributed by atoms with E-state index in [0.717, 1.165) is 75.4 Å². The predicted octanol–water partition coefficient (Wildman–Crippen LogP) is 0.468. The summed E-state index contributed by atoms with van der Waals surface area (Å²) in [5.41, 5.74) is 9.31. The maximum atomic E-state index is 5.87. The van der Waals surface area contributed by atoms with E-state index in [9.17, 15) is 0 Å². The van der Waals surface area contributed by atoms with Crippen molar-refractivity contribution in [1.82, 2.24) is 40.4 Å². The molecular formula is C18H27N9O. The Hall–Kier alpha value is -2.56. The van der Waals surface area contributed by atoms with Gasteiger partial charge in [0.05, 0.1) is 11.7 Å². The predicted molar refractivity (Wildman–Crippen MR) is 107 cm³/mol. The molecule has 1 fully saturated rings. The topological polar surface area (TPSA) is 123 Å². The average molecular weight is 385 g/mol. The molecule has 1 aliphatic heterocycles. The second-order valence-corrected chi connectivity index (χ2v) is 6.97. The summed E-state index contributed by atoms with van der Waals surface area (Å²) in [4.78, 5) is 11.5. The molecule has 28 heavy (non-hydrogen) atoms. The molecule has 10 nitrogen and oxygen atoms in total. The van der Waals surface area contributed by atoms with Crippen molar-refractivity contribution < 1.29 is 4.63 Å². The first kappa shape index (κ1) is 18.8. The first-order valence-electron chi connectivity index (χ1n) is 9.83. The van der Waals surface area contributed by atoms with Gasteiger partial charge in [0, 0.05) is 51.0 Å². The monoisotopic (exact) mass is 385 g/mol. The van der Waals surface area contributed by atoms with E-state index in [2.05, 4.69) is 47.3 Å². The molecule has 0 aliphatic carbocycles. The summed E-state index contributed by atoms with van der Waals surface area (Å²) in [6.45, 7) is 10.1. The van der Waals surface area contributed by atoms with Crippen LogP contribution in [0.2, 0.25) is 0 Å².